The maximum Gasteiger partial charge on any atom is 0.416 e. The average molecular weight is 248 g/mol. The number of hydrogen-bond donors (Lipinski definition) is 2. The van der Waals surface area contributed by atoms with Crippen LogP contribution in [0, 0.1) is 0 Å². The Labute approximate surface area is 97.7 Å². The zero-order valence-corrected chi connectivity index (χ0v) is 9.84. The number of halogens is 3. The number of aliphatic hydroxyl groups is 2. The van der Waals surface area contributed by atoms with E-state index in [0.717, 1.165) is 12.1 Å². The van der Waals surface area contributed by atoms with E-state index in [9.17, 15) is 23.4 Å². The minimum absolute atomic E-state index is 0.0276. The molecule has 1 unspecified atom stereocenters. The highest BCUT2D eigenvalue weighted by Gasteiger charge is 2.40. The molecule has 5 heteroatoms. The van der Waals surface area contributed by atoms with E-state index in [4.69, 9.17) is 0 Å². The fourth-order valence-electron chi connectivity index (χ4n) is 1.35. The van der Waals surface area contributed by atoms with Crippen LogP contribution in [0.25, 0.3) is 0 Å². The third-order valence-electron chi connectivity index (χ3n) is 2.94. The minimum atomic E-state index is -4.47. The van der Waals surface area contributed by atoms with Gasteiger partial charge in [-0.15, -0.1) is 0 Å². The minimum Gasteiger partial charge on any atom is -0.387 e. The van der Waals surface area contributed by atoms with Crippen LogP contribution in [0.3, 0.4) is 0 Å². The second-order valence-corrected chi connectivity index (χ2v) is 4.71. The van der Waals surface area contributed by atoms with Gasteiger partial charge in [-0.1, -0.05) is 12.1 Å². The molecule has 0 aliphatic heterocycles. The largest absolute Gasteiger partial charge is 0.416 e. The smallest absolute Gasteiger partial charge is 0.387 e. The highest BCUT2D eigenvalue weighted by atomic mass is 19.4. The first-order valence-electron chi connectivity index (χ1n) is 5.09. The van der Waals surface area contributed by atoms with Gasteiger partial charge in [-0.3, -0.25) is 0 Å². The summed E-state index contributed by atoms with van der Waals surface area (Å²) < 4.78 is 37.5. The molecule has 0 aromatic heterocycles. The predicted octanol–water partition coefficient (Wildman–Crippen LogP) is 2.68. The Morgan fingerprint density at radius 1 is 0.941 bits per heavy atom. The quantitative estimate of drug-likeness (QED) is 0.844. The van der Waals surface area contributed by atoms with Gasteiger partial charge in [-0.05, 0) is 38.5 Å². The number of hydrogen-bond acceptors (Lipinski definition) is 2. The van der Waals surface area contributed by atoms with E-state index in [2.05, 4.69) is 0 Å². The van der Waals surface area contributed by atoms with Gasteiger partial charge in [0, 0.05) is 0 Å². The molecule has 1 aromatic carbocycles. The van der Waals surface area contributed by atoms with Crippen molar-refractivity contribution in [1.82, 2.24) is 0 Å². The molecule has 1 aromatic rings. The van der Waals surface area contributed by atoms with Crippen LogP contribution in [-0.4, -0.2) is 15.8 Å². The molecule has 0 bridgehead atoms. The Balaban J connectivity index is 3.26. The van der Waals surface area contributed by atoms with Crippen molar-refractivity contribution >= 4 is 0 Å². The molecule has 2 nitrogen and oxygen atoms in total. The monoisotopic (exact) mass is 248 g/mol. The molecule has 96 valence electrons. The van der Waals surface area contributed by atoms with Crippen LogP contribution in [0.2, 0.25) is 0 Å². The van der Waals surface area contributed by atoms with Crippen molar-refractivity contribution in [2.75, 3.05) is 0 Å². The standard InChI is InChI=1S/C12H15F3O2/c1-10(2,16)11(3,17)8-5-4-6-9(7-8)12(13,14)15/h4-7,16-17H,1-3H3. The first kappa shape index (κ1) is 14.0. The summed E-state index contributed by atoms with van der Waals surface area (Å²) in [6.07, 6.45) is -4.47. The number of alkyl halides is 3. The van der Waals surface area contributed by atoms with Gasteiger partial charge >= 0.3 is 6.18 Å². The van der Waals surface area contributed by atoms with Crippen LogP contribution in [0.15, 0.2) is 24.3 Å². The Hall–Kier alpha value is -1.07. The molecule has 17 heavy (non-hydrogen) atoms. The Bertz CT molecular complexity index is 403. The van der Waals surface area contributed by atoms with E-state index < -0.39 is 22.9 Å². The summed E-state index contributed by atoms with van der Waals surface area (Å²) in [6.45, 7) is 3.96. The molecule has 0 radical (unpaired) electrons. The van der Waals surface area contributed by atoms with Gasteiger partial charge in [0.2, 0.25) is 0 Å². The normalized spacial score (nSPS) is 16.7. The molecule has 0 saturated heterocycles. The molecular weight excluding hydrogens is 233 g/mol. The van der Waals surface area contributed by atoms with Crippen molar-refractivity contribution in [1.29, 1.82) is 0 Å². The summed E-state index contributed by atoms with van der Waals surface area (Å²) in [5.74, 6) is 0. The van der Waals surface area contributed by atoms with Crippen LogP contribution in [0.4, 0.5) is 13.2 Å². The van der Waals surface area contributed by atoms with E-state index >= 15 is 0 Å². The van der Waals surface area contributed by atoms with Gasteiger partial charge < -0.3 is 10.2 Å². The van der Waals surface area contributed by atoms with Crippen LogP contribution in [0.1, 0.15) is 31.9 Å². The Kier molecular flexibility index (Phi) is 3.29. The summed E-state index contributed by atoms with van der Waals surface area (Å²) in [5.41, 5.74) is -4.12. The van der Waals surface area contributed by atoms with Crippen LogP contribution in [-0.2, 0) is 11.8 Å². The fraction of sp³-hybridized carbons (Fsp3) is 0.500. The summed E-state index contributed by atoms with van der Waals surface area (Å²) in [7, 11) is 0. The SMILES string of the molecule is CC(C)(O)C(C)(O)c1cccc(C(F)(F)F)c1. The maximum absolute atomic E-state index is 12.5. The lowest BCUT2D eigenvalue weighted by molar-refractivity contribution is -0.139. The van der Waals surface area contributed by atoms with Crippen molar-refractivity contribution in [3.8, 4) is 0 Å². The molecule has 0 saturated carbocycles. The topological polar surface area (TPSA) is 40.5 Å². The lowest BCUT2D eigenvalue weighted by Gasteiger charge is -2.36. The van der Waals surface area contributed by atoms with Gasteiger partial charge in [-0.25, -0.2) is 0 Å². The maximum atomic E-state index is 12.5. The van der Waals surface area contributed by atoms with Crippen LogP contribution < -0.4 is 0 Å². The molecule has 0 fully saturated rings. The second kappa shape index (κ2) is 3.99. The highest BCUT2D eigenvalue weighted by molar-refractivity contribution is 5.31. The molecule has 1 rings (SSSR count). The van der Waals surface area contributed by atoms with E-state index in [-0.39, 0.29) is 5.56 Å². The lowest BCUT2D eigenvalue weighted by Crippen LogP contribution is -2.45. The summed E-state index contributed by atoms with van der Waals surface area (Å²) >= 11 is 0. The van der Waals surface area contributed by atoms with Crippen LogP contribution >= 0.6 is 0 Å². The van der Waals surface area contributed by atoms with Gasteiger partial charge in [0.1, 0.15) is 5.60 Å². The van der Waals surface area contributed by atoms with Crippen molar-refractivity contribution in [2.24, 2.45) is 0 Å². The van der Waals surface area contributed by atoms with Gasteiger partial charge in [0.15, 0.2) is 0 Å². The molecule has 0 heterocycles. The molecular formula is C12H15F3O2. The molecule has 0 spiro atoms. The van der Waals surface area contributed by atoms with E-state index in [1.165, 1.54) is 32.9 Å². The van der Waals surface area contributed by atoms with Gasteiger partial charge in [-0.2, -0.15) is 13.2 Å². The Morgan fingerprint density at radius 3 is 1.82 bits per heavy atom. The summed E-state index contributed by atoms with van der Waals surface area (Å²) in [5, 5.41) is 19.9. The third-order valence-corrected chi connectivity index (χ3v) is 2.94. The van der Waals surface area contributed by atoms with Crippen molar-refractivity contribution in [2.45, 2.75) is 38.1 Å². The molecule has 0 aliphatic rings. The number of benzene rings is 1. The first-order valence-corrected chi connectivity index (χ1v) is 5.09. The van der Waals surface area contributed by atoms with Crippen LogP contribution in [0.5, 0.6) is 0 Å². The van der Waals surface area contributed by atoms with E-state index in [0.29, 0.717) is 0 Å². The third kappa shape index (κ3) is 2.79. The fourth-order valence-corrected chi connectivity index (χ4v) is 1.35. The van der Waals surface area contributed by atoms with Gasteiger partial charge in [0.25, 0.3) is 0 Å². The predicted molar refractivity (Wildman–Crippen MR) is 57.3 cm³/mol. The van der Waals surface area contributed by atoms with Crippen molar-refractivity contribution < 1.29 is 23.4 Å². The average Bonchev–Trinajstić information content (AvgIpc) is 2.15. The summed E-state index contributed by atoms with van der Waals surface area (Å²) in [4.78, 5) is 0. The first-order chi connectivity index (χ1) is 7.46. The van der Waals surface area contributed by atoms with E-state index in [1.807, 2.05) is 0 Å². The zero-order chi connectivity index (χ0) is 13.5. The van der Waals surface area contributed by atoms with Crippen molar-refractivity contribution in [3.63, 3.8) is 0 Å². The number of rotatable bonds is 2. The molecule has 2 N–H and O–H groups in total. The van der Waals surface area contributed by atoms with Crippen molar-refractivity contribution in [3.05, 3.63) is 35.4 Å². The highest BCUT2D eigenvalue weighted by Crippen LogP contribution is 2.36. The lowest BCUT2D eigenvalue weighted by atomic mass is 9.81. The molecule has 0 aliphatic carbocycles. The Morgan fingerprint density at radius 2 is 1.41 bits per heavy atom. The zero-order valence-electron chi connectivity index (χ0n) is 9.84. The van der Waals surface area contributed by atoms with Gasteiger partial charge in [0.05, 0.1) is 11.2 Å². The molecule has 1 atom stereocenters. The second-order valence-electron chi connectivity index (χ2n) is 4.71. The summed E-state index contributed by atoms with van der Waals surface area (Å²) in [6, 6.07) is 4.33. The molecule has 0 amide bonds. The van der Waals surface area contributed by atoms with E-state index in [1.54, 1.807) is 0 Å².